The summed E-state index contributed by atoms with van der Waals surface area (Å²) in [5.41, 5.74) is 0. The van der Waals surface area contributed by atoms with Crippen LogP contribution in [0.25, 0.3) is 0 Å². The van der Waals surface area contributed by atoms with E-state index in [2.05, 4.69) is 0 Å². The summed E-state index contributed by atoms with van der Waals surface area (Å²) < 4.78 is 4.88. The fraction of sp³-hybridized carbons (Fsp3) is 0.333. The van der Waals surface area contributed by atoms with Gasteiger partial charge in [0.05, 0.1) is 13.2 Å². The van der Waals surface area contributed by atoms with Gasteiger partial charge in [-0.05, 0) is 13.7 Å². The van der Waals surface area contributed by atoms with E-state index in [-0.39, 0.29) is 36.2 Å². The minimum Gasteiger partial charge on any atom is -0.804 e. The molecule has 6 heteroatoms. The van der Waals surface area contributed by atoms with Gasteiger partial charge in [-0.15, -0.1) is 0 Å². The Labute approximate surface area is 112 Å². The van der Waals surface area contributed by atoms with E-state index in [4.69, 9.17) is 14.7 Å². The number of rotatable bonds is 5. The summed E-state index contributed by atoms with van der Waals surface area (Å²) in [7, 11) is -1.94. The first kappa shape index (κ1) is 15.5. The predicted molar refractivity (Wildman–Crippen MR) is 52.0 cm³/mol. The van der Waals surface area contributed by atoms with Crippen molar-refractivity contribution in [1.29, 1.82) is 0 Å². The molecule has 0 bridgehead atoms. The van der Waals surface area contributed by atoms with Crippen molar-refractivity contribution in [2.45, 2.75) is 6.10 Å². The molecule has 0 aliphatic rings. The van der Waals surface area contributed by atoms with Gasteiger partial charge >= 0.3 is 29.6 Å². The summed E-state index contributed by atoms with van der Waals surface area (Å²) in [5.74, 6) is 0. The first-order chi connectivity index (χ1) is 6.74. The van der Waals surface area contributed by atoms with Gasteiger partial charge in [0.15, 0.2) is 0 Å². The molecule has 0 saturated carbocycles. The molecular weight excluding hydrogens is 226 g/mol. The van der Waals surface area contributed by atoms with Crippen LogP contribution in [0.1, 0.15) is 0 Å². The van der Waals surface area contributed by atoms with E-state index in [1.165, 1.54) is 0 Å². The molecular formula is C9H12NaO4P. The van der Waals surface area contributed by atoms with E-state index in [9.17, 15) is 4.89 Å². The zero-order valence-electron chi connectivity index (χ0n) is 8.54. The van der Waals surface area contributed by atoms with Crippen molar-refractivity contribution in [2.75, 3.05) is 13.2 Å². The van der Waals surface area contributed by atoms with Crippen molar-refractivity contribution in [3.8, 4) is 0 Å². The minimum atomic E-state index is -1.94. The summed E-state index contributed by atoms with van der Waals surface area (Å²) in [4.78, 5) is 11.4. The van der Waals surface area contributed by atoms with Gasteiger partial charge < -0.3 is 19.6 Å². The SMILES string of the molecule is [Na+].[O-]P(OCC(O)CO)c1ccccc1. The number of aliphatic hydroxyl groups is 2. The number of hydrogen-bond acceptors (Lipinski definition) is 4. The summed E-state index contributed by atoms with van der Waals surface area (Å²) in [6, 6.07) is 8.70. The van der Waals surface area contributed by atoms with Crippen LogP contribution in [0.3, 0.4) is 0 Å². The fourth-order valence-electron chi connectivity index (χ4n) is 0.831. The Morgan fingerprint density at radius 3 is 2.47 bits per heavy atom. The largest absolute Gasteiger partial charge is 1.00 e. The number of benzene rings is 1. The maximum absolute atomic E-state index is 11.4. The van der Waals surface area contributed by atoms with Gasteiger partial charge in [-0.1, -0.05) is 30.3 Å². The smallest absolute Gasteiger partial charge is 0.804 e. The zero-order chi connectivity index (χ0) is 10.4. The van der Waals surface area contributed by atoms with Crippen LogP contribution >= 0.6 is 8.38 Å². The summed E-state index contributed by atoms with van der Waals surface area (Å²) >= 11 is 0. The van der Waals surface area contributed by atoms with Gasteiger partial charge in [-0.25, -0.2) is 0 Å². The van der Waals surface area contributed by atoms with Crippen LogP contribution in [0, 0.1) is 0 Å². The van der Waals surface area contributed by atoms with E-state index in [0.717, 1.165) is 0 Å². The fourth-order valence-corrected chi connectivity index (χ4v) is 1.70. The van der Waals surface area contributed by atoms with E-state index in [0.29, 0.717) is 5.30 Å². The second-order valence-corrected chi connectivity index (χ2v) is 4.01. The van der Waals surface area contributed by atoms with E-state index < -0.39 is 21.1 Å². The van der Waals surface area contributed by atoms with Crippen LogP contribution in [0.5, 0.6) is 0 Å². The van der Waals surface area contributed by atoms with Crippen LogP contribution in [0.4, 0.5) is 0 Å². The molecule has 78 valence electrons. The number of aliphatic hydroxyl groups excluding tert-OH is 2. The Morgan fingerprint density at radius 2 is 1.93 bits per heavy atom. The molecule has 1 aromatic rings. The Kier molecular flexibility index (Phi) is 8.90. The Balaban J connectivity index is 0.00000196. The molecule has 0 spiro atoms. The zero-order valence-corrected chi connectivity index (χ0v) is 11.4. The van der Waals surface area contributed by atoms with Gasteiger partial charge in [-0.2, -0.15) is 0 Å². The van der Waals surface area contributed by atoms with E-state index in [1.54, 1.807) is 24.3 Å². The molecule has 0 radical (unpaired) electrons. The van der Waals surface area contributed by atoms with E-state index >= 15 is 0 Å². The maximum atomic E-state index is 11.4. The molecule has 0 aliphatic carbocycles. The van der Waals surface area contributed by atoms with Gasteiger partial charge in [0, 0.05) is 0 Å². The quantitative estimate of drug-likeness (QED) is 0.410. The van der Waals surface area contributed by atoms with Crippen LogP contribution < -0.4 is 39.8 Å². The molecule has 2 N–H and O–H groups in total. The molecule has 2 atom stereocenters. The summed E-state index contributed by atoms with van der Waals surface area (Å²) in [6.07, 6.45) is -0.974. The van der Waals surface area contributed by atoms with Gasteiger partial charge in [0.2, 0.25) is 0 Å². The van der Waals surface area contributed by atoms with Crippen molar-refractivity contribution < 1.29 is 49.2 Å². The molecule has 2 unspecified atom stereocenters. The third kappa shape index (κ3) is 5.95. The molecule has 0 heterocycles. The van der Waals surface area contributed by atoms with Gasteiger partial charge in [-0.3, -0.25) is 0 Å². The monoisotopic (exact) mass is 238 g/mol. The maximum Gasteiger partial charge on any atom is 1.00 e. The van der Waals surface area contributed by atoms with Crippen molar-refractivity contribution >= 4 is 13.7 Å². The summed E-state index contributed by atoms with van der Waals surface area (Å²) in [5, 5.41) is 18.0. The van der Waals surface area contributed by atoms with Gasteiger partial charge in [0.1, 0.15) is 6.10 Å². The molecule has 1 rings (SSSR count). The van der Waals surface area contributed by atoms with Crippen LogP contribution in [0.15, 0.2) is 30.3 Å². The van der Waals surface area contributed by atoms with Crippen molar-refractivity contribution in [3.05, 3.63) is 30.3 Å². The van der Waals surface area contributed by atoms with Gasteiger partial charge in [0.25, 0.3) is 0 Å². The topological polar surface area (TPSA) is 72.8 Å². The third-order valence-corrected chi connectivity index (χ3v) is 2.67. The van der Waals surface area contributed by atoms with Crippen molar-refractivity contribution in [3.63, 3.8) is 0 Å². The average molecular weight is 238 g/mol. The predicted octanol–water partition coefficient (Wildman–Crippen LogP) is -3.64. The normalized spacial score (nSPS) is 14.1. The summed E-state index contributed by atoms with van der Waals surface area (Å²) in [6.45, 7) is -0.515. The first-order valence-electron chi connectivity index (χ1n) is 4.18. The Morgan fingerprint density at radius 1 is 1.33 bits per heavy atom. The molecule has 0 saturated heterocycles. The van der Waals surface area contributed by atoms with Crippen molar-refractivity contribution in [2.24, 2.45) is 0 Å². The minimum absolute atomic E-state index is 0. The number of hydrogen-bond donors (Lipinski definition) is 2. The molecule has 4 nitrogen and oxygen atoms in total. The second kappa shape index (κ2) is 8.62. The average Bonchev–Trinajstić information content (AvgIpc) is 2.26. The molecule has 0 aliphatic heterocycles. The standard InChI is InChI=1S/C9H12O4P.Na/c10-6-8(11)7-13-14(12)9-4-2-1-3-5-9;/h1-5,8,10-11H,6-7H2;/q-1;+1. The molecule has 15 heavy (non-hydrogen) atoms. The van der Waals surface area contributed by atoms with Crippen molar-refractivity contribution in [1.82, 2.24) is 0 Å². The van der Waals surface area contributed by atoms with E-state index in [1.807, 2.05) is 6.07 Å². The molecule has 0 fully saturated rings. The van der Waals surface area contributed by atoms with Crippen LogP contribution in [-0.2, 0) is 4.52 Å². The Hall–Kier alpha value is 0.490. The molecule has 0 aromatic heterocycles. The van der Waals surface area contributed by atoms with Crippen LogP contribution in [0.2, 0.25) is 0 Å². The molecule has 1 aromatic carbocycles. The Bertz CT molecular complexity index is 260. The third-order valence-electron chi connectivity index (χ3n) is 1.56. The molecule has 0 amide bonds. The van der Waals surface area contributed by atoms with Crippen LogP contribution in [-0.4, -0.2) is 29.5 Å². The first-order valence-corrected chi connectivity index (χ1v) is 5.36. The second-order valence-electron chi connectivity index (χ2n) is 2.72.